The van der Waals surface area contributed by atoms with E-state index in [9.17, 15) is 9.59 Å². The molecule has 0 saturated carbocycles. The van der Waals surface area contributed by atoms with E-state index in [1.54, 1.807) is 44.9 Å². The predicted octanol–water partition coefficient (Wildman–Crippen LogP) is 3.56. The van der Waals surface area contributed by atoms with Crippen molar-refractivity contribution in [3.05, 3.63) is 59.9 Å². The molecule has 5 rings (SSSR count). The van der Waals surface area contributed by atoms with Crippen molar-refractivity contribution < 1.29 is 14.3 Å². The number of rotatable bonds is 8. The Balaban J connectivity index is 1.41. The molecule has 3 aromatic heterocycles. The second-order valence-electron chi connectivity index (χ2n) is 10.6. The van der Waals surface area contributed by atoms with E-state index < -0.39 is 6.23 Å². The molecule has 214 valence electrons. The van der Waals surface area contributed by atoms with Gasteiger partial charge >= 0.3 is 5.97 Å². The molecule has 0 radical (unpaired) electrons. The summed E-state index contributed by atoms with van der Waals surface area (Å²) in [4.78, 5) is 33.6. The molecule has 0 aliphatic carbocycles. The molecule has 1 N–H and O–H groups in total. The number of anilines is 1. The highest BCUT2D eigenvalue weighted by atomic mass is 16.6. The Morgan fingerprint density at radius 3 is 2.61 bits per heavy atom. The summed E-state index contributed by atoms with van der Waals surface area (Å²) in [5.41, 5.74) is 3.81. The summed E-state index contributed by atoms with van der Waals surface area (Å²) in [5, 5.41) is 20.6. The largest absolute Gasteiger partial charge is 0.438 e. The van der Waals surface area contributed by atoms with Crippen molar-refractivity contribution in [3.63, 3.8) is 0 Å². The highest BCUT2D eigenvalue weighted by molar-refractivity contribution is 6.06. The molecule has 0 spiro atoms. The Morgan fingerprint density at radius 1 is 1.15 bits per heavy atom. The fourth-order valence-electron chi connectivity index (χ4n) is 4.89. The van der Waals surface area contributed by atoms with Gasteiger partial charge in [-0.05, 0) is 67.8 Å². The van der Waals surface area contributed by atoms with E-state index in [1.165, 1.54) is 4.80 Å². The predicted molar refractivity (Wildman–Crippen MR) is 153 cm³/mol. The highest BCUT2D eigenvalue weighted by Crippen LogP contribution is 2.31. The summed E-state index contributed by atoms with van der Waals surface area (Å²) in [6.45, 7) is 8.87. The van der Waals surface area contributed by atoms with Crippen LogP contribution in [0.2, 0.25) is 0 Å². The molecule has 2 atom stereocenters. The molecule has 1 aliphatic heterocycles. The molecule has 1 aromatic carbocycles. The van der Waals surface area contributed by atoms with E-state index in [0.717, 1.165) is 42.6 Å². The fourth-order valence-corrected chi connectivity index (χ4v) is 4.89. The number of tetrazole rings is 1. The van der Waals surface area contributed by atoms with Crippen molar-refractivity contribution in [3.8, 4) is 22.6 Å². The van der Waals surface area contributed by atoms with E-state index in [2.05, 4.69) is 30.8 Å². The molecule has 0 bridgehead atoms. The monoisotopic (exact) mass is 557 g/mol. The first-order valence-electron chi connectivity index (χ1n) is 13.8. The van der Waals surface area contributed by atoms with Gasteiger partial charge in [0.15, 0.2) is 0 Å². The number of esters is 1. The van der Waals surface area contributed by atoms with Crippen LogP contribution >= 0.6 is 0 Å². The molecule has 1 fully saturated rings. The average Bonchev–Trinajstić information content (AvgIpc) is 3.61. The number of aryl methyl sites for hydroxylation is 2. The third-order valence-electron chi connectivity index (χ3n) is 7.17. The van der Waals surface area contributed by atoms with Crippen molar-refractivity contribution in [1.29, 1.82) is 0 Å². The highest BCUT2D eigenvalue weighted by Gasteiger charge is 2.30. The van der Waals surface area contributed by atoms with Crippen LogP contribution in [-0.4, -0.2) is 66.0 Å². The van der Waals surface area contributed by atoms with Crippen LogP contribution in [0.4, 0.5) is 5.82 Å². The SMILES string of the molecule is Cc1cccnc1N(C(=O)c1ccc(-c2cnn(C)c2-c2nnn([C@H](C)OC(=O)C(C)C)n2)cc1)C1CCCNC1. The zero-order valence-electron chi connectivity index (χ0n) is 24.0. The van der Waals surface area contributed by atoms with Crippen LogP contribution in [0.1, 0.15) is 55.8 Å². The van der Waals surface area contributed by atoms with Crippen LogP contribution < -0.4 is 10.2 Å². The van der Waals surface area contributed by atoms with Crippen LogP contribution in [0.5, 0.6) is 0 Å². The van der Waals surface area contributed by atoms with E-state index in [4.69, 9.17) is 4.74 Å². The maximum atomic E-state index is 13.9. The normalized spacial score (nSPS) is 16.0. The van der Waals surface area contributed by atoms with Gasteiger partial charge < -0.3 is 10.1 Å². The van der Waals surface area contributed by atoms with Gasteiger partial charge in [0.1, 0.15) is 11.5 Å². The number of amides is 1. The number of nitrogens with one attached hydrogen (secondary N) is 1. The first-order chi connectivity index (χ1) is 19.7. The number of ether oxygens (including phenoxy) is 1. The van der Waals surface area contributed by atoms with E-state index in [-0.39, 0.29) is 23.8 Å². The Hall–Kier alpha value is -4.45. The van der Waals surface area contributed by atoms with Gasteiger partial charge in [-0.3, -0.25) is 19.2 Å². The lowest BCUT2D eigenvalue weighted by Crippen LogP contribution is -2.49. The molecule has 1 amide bonds. The number of piperidine rings is 1. The van der Waals surface area contributed by atoms with Crippen LogP contribution in [0, 0.1) is 12.8 Å². The number of carbonyl (C=O) groups excluding carboxylic acids is 2. The molecular formula is C29H35N9O3. The van der Waals surface area contributed by atoms with Crippen molar-refractivity contribution >= 4 is 17.7 Å². The lowest BCUT2D eigenvalue weighted by molar-refractivity contribution is -0.158. The third-order valence-corrected chi connectivity index (χ3v) is 7.17. The lowest BCUT2D eigenvalue weighted by Gasteiger charge is -2.34. The first-order valence-corrected chi connectivity index (χ1v) is 13.8. The van der Waals surface area contributed by atoms with Crippen molar-refractivity contribution in [2.75, 3.05) is 18.0 Å². The smallest absolute Gasteiger partial charge is 0.310 e. The number of pyridine rings is 1. The molecule has 1 aliphatic rings. The number of aromatic nitrogens is 7. The lowest BCUT2D eigenvalue weighted by atomic mass is 10.0. The summed E-state index contributed by atoms with van der Waals surface area (Å²) >= 11 is 0. The van der Waals surface area contributed by atoms with Gasteiger partial charge in [-0.2, -0.15) is 5.10 Å². The van der Waals surface area contributed by atoms with Gasteiger partial charge in [0, 0.05) is 30.9 Å². The summed E-state index contributed by atoms with van der Waals surface area (Å²) in [6.07, 6.45) is 4.66. The third kappa shape index (κ3) is 5.87. The maximum Gasteiger partial charge on any atom is 0.310 e. The van der Waals surface area contributed by atoms with Gasteiger partial charge in [-0.1, -0.05) is 32.0 Å². The van der Waals surface area contributed by atoms with Gasteiger partial charge in [0.2, 0.25) is 12.1 Å². The Labute approximate surface area is 238 Å². The van der Waals surface area contributed by atoms with Crippen LogP contribution in [0.25, 0.3) is 22.6 Å². The first kappa shape index (κ1) is 28.1. The molecule has 1 unspecified atom stereocenters. The summed E-state index contributed by atoms with van der Waals surface area (Å²) in [7, 11) is 1.80. The number of benzene rings is 1. The second-order valence-corrected chi connectivity index (χ2v) is 10.6. The molecule has 41 heavy (non-hydrogen) atoms. The minimum absolute atomic E-state index is 0.0188. The number of nitrogens with zero attached hydrogens (tertiary/aromatic N) is 8. The second kappa shape index (κ2) is 12.0. The molecule has 12 heteroatoms. The van der Waals surface area contributed by atoms with Crippen molar-refractivity contribution in [1.82, 2.24) is 40.3 Å². The Morgan fingerprint density at radius 2 is 1.93 bits per heavy atom. The topological polar surface area (TPSA) is 133 Å². The van der Waals surface area contributed by atoms with E-state index in [0.29, 0.717) is 22.9 Å². The van der Waals surface area contributed by atoms with Crippen LogP contribution in [0.15, 0.2) is 48.8 Å². The average molecular weight is 558 g/mol. The van der Waals surface area contributed by atoms with E-state index in [1.807, 2.05) is 48.2 Å². The molecule has 12 nitrogen and oxygen atoms in total. The maximum absolute atomic E-state index is 13.9. The molecule has 1 saturated heterocycles. The Kier molecular flexibility index (Phi) is 8.20. The van der Waals surface area contributed by atoms with Crippen LogP contribution in [-0.2, 0) is 16.6 Å². The van der Waals surface area contributed by atoms with Gasteiger partial charge in [0.05, 0.1) is 18.2 Å². The fraction of sp³-hybridized carbons (Fsp3) is 0.414. The minimum atomic E-state index is -0.710. The summed E-state index contributed by atoms with van der Waals surface area (Å²) < 4.78 is 7.07. The number of hydrogen-bond acceptors (Lipinski definition) is 9. The molecule has 4 aromatic rings. The summed E-state index contributed by atoms with van der Waals surface area (Å²) in [5.74, 6) is 0.330. The van der Waals surface area contributed by atoms with E-state index >= 15 is 0 Å². The summed E-state index contributed by atoms with van der Waals surface area (Å²) in [6, 6.07) is 11.3. The van der Waals surface area contributed by atoms with Crippen LogP contribution in [0.3, 0.4) is 0 Å². The number of hydrogen-bond donors (Lipinski definition) is 1. The van der Waals surface area contributed by atoms with Gasteiger partial charge in [-0.15, -0.1) is 15.0 Å². The zero-order valence-corrected chi connectivity index (χ0v) is 24.0. The number of carbonyl (C=O) groups is 2. The van der Waals surface area contributed by atoms with Gasteiger partial charge in [0.25, 0.3) is 5.91 Å². The van der Waals surface area contributed by atoms with Crippen molar-refractivity contribution in [2.24, 2.45) is 13.0 Å². The standard InChI is InChI=1S/C29H35N9O3/c1-18(2)29(40)41-20(4)38-34-26(33-35-38)25-24(17-32-36(25)5)21-10-12-22(13-11-21)28(39)37(23-9-7-14-30-16-23)27-19(3)8-6-15-31-27/h6,8,10-13,15,17-18,20,23,30H,7,9,14,16H2,1-5H3/t20-,23?/m0/s1. The molecule has 4 heterocycles. The quantitative estimate of drug-likeness (QED) is 0.323. The molecular weight excluding hydrogens is 522 g/mol. The van der Waals surface area contributed by atoms with Crippen molar-refractivity contribution in [2.45, 2.75) is 52.8 Å². The minimum Gasteiger partial charge on any atom is -0.438 e. The Bertz CT molecular complexity index is 1520. The zero-order chi connectivity index (χ0) is 29.1. The van der Waals surface area contributed by atoms with Gasteiger partial charge in [-0.25, -0.2) is 4.98 Å².